The van der Waals surface area contributed by atoms with Crippen LogP contribution >= 0.6 is 11.3 Å². The van der Waals surface area contributed by atoms with E-state index in [1.807, 2.05) is 30.3 Å². The Kier molecular flexibility index (Phi) is 6.29. The molecule has 0 radical (unpaired) electrons. The number of carbonyl (C=O) groups excluding carboxylic acids is 2. The summed E-state index contributed by atoms with van der Waals surface area (Å²) in [5, 5.41) is 0.701. The summed E-state index contributed by atoms with van der Waals surface area (Å²) in [4.78, 5) is 31.8. The van der Waals surface area contributed by atoms with Gasteiger partial charge < -0.3 is 14.4 Å². The second-order valence-corrected chi connectivity index (χ2v) is 7.59. The van der Waals surface area contributed by atoms with Gasteiger partial charge in [-0.1, -0.05) is 30.3 Å². The molecule has 1 aromatic heterocycles. The molecule has 0 aliphatic rings. The maximum absolute atomic E-state index is 12.9. The Balaban J connectivity index is 1.86. The molecule has 3 aromatic rings. The lowest BCUT2D eigenvalue weighted by atomic mass is 10.1. The molecule has 0 saturated carbocycles. The first kappa shape index (κ1) is 20.5. The van der Waals surface area contributed by atoms with Gasteiger partial charge >= 0.3 is 5.97 Å². The molecule has 0 aliphatic carbocycles. The third-order valence-corrected chi connectivity index (χ3v) is 5.50. The van der Waals surface area contributed by atoms with Crippen LogP contribution in [0.25, 0.3) is 10.6 Å². The van der Waals surface area contributed by atoms with Crippen LogP contribution in [0.4, 0.5) is 0 Å². The highest BCUT2D eigenvalue weighted by Gasteiger charge is 2.29. The van der Waals surface area contributed by atoms with Crippen molar-refractivity contribution in [2.75, 3.05) is 21.2 Å². The molecule has 0 N–H and O–H groups in total. The number of aromatic nitrogens is 1. The predicted molar refractivity (Wildman–Crippen MR) is 112 cm³/mol. The maximum Gasteiger partial charge on any atom is 0.351 e. The number of esters is 1. The number of likely N-dealkylation sites (N-methyl/N-ethyl adjacent to an activating group) is 1. The van der Waals surface area contributed by atoms with Crippen LogP contribution in [0.2, 0.25) is 0 Å². The van der Waals surface area contributed by atoms with Gasteiger partial charge in [0, 0.05) is 25.2 Å². The molecule has 6 nitrogen and oxygen atoms in total. The van der Waals surface area contributed by atoms with Crippen molar-refractivity contribution >= 4 is 23.2 Å². The van der Waals surface area contributed by atoms with Crippen molar-refractivity contribution in [2.45, 2.75) is 13.0 Å². The number of aryl methyl sites for hydroxylation is 1. The van der Waals surface area contributed by atoms with Gasteiger partial charge in [-0.3, -0.25) is 4.79 Å². The Morgan fingerprint density at radius 3 is 2.28 bits per heavy atom. The van der Waals surface area contributed by atoms with Crippen LogP contribution < -0.4 is 4.74 Å². The summed E-state index contributed by atoms with van der Waals surface area (Å²) in [6.45, 7) is 1.76. The smallest absolute Gasteiger partial charge is 0.351 e. The van der Waals surface area contributed by atoms with Crippen LogP contribution in [0.1, 0.15) is 27.0 Å². The molecule has 1 atom stereocenters. The minimum absolute atomic E-state index is 0.304. The van der Waals surface area contributed by atoms with E-state index in [9.17, 15) is 9.59 Å². The zero-order chi connectivity index (χ0) is 21.0. The molecule has 0 saturated heterocycles. The SMILES string of the molecule is COc1ccc(-c2nc(C)c(C(=O)O[C@H](C(=O)N(C)C)c3ccccc3)s2)cc1. The average Bonchev–Trinajstić information content (AvgIpc) is 3.13. The van der Waals surface area contributed by atoms with E-state index in [1.54, 1.807) is 52.4 Å². The summed E-state index contributed by atoms with van der Waals surface area (Å²) in [6.07, 6.45) is -1.01. The second-order valence-electron chi connectivity index (χ2n) is 6.59. The first-order valence-electron chi connectivity index (χ1n) is 8.99. The summed E-state index contributed by atoms with van der Waals surface area (Å²) in [7, 11) is 4.87. The molecule has 0 aliphatic heterocycles. The van der Waals surface area contributed by atoms with E-state index in [1.165, 1.54) is 16.2 Å². The summed E-state index contributed by atoms with van der Waals surface area (Å²) in [5.74, 6) is -0.125. The zero-order valence-electron chi connectivity index (χ0n) is 16.7. The number of hydrogen-bond donors (Lipinski definition) is 0. The van der Waals surface area contributed by atoms with Crippen LogP contribution in [0.15, 0.2) is 54.6 Å². The van der Waals surface area contributed by atoms with Gasteiger partial charge in [0.15, 0.2) is 0 Å². The number of thiazole rings is 1. The molecule has 1 heterocycles. The van der Waals surface area contributed by atoms with E-state index in [2.05, 4.69) is 4.98 Å². The van der Waals surface area contributed by atoms with Crippen LogP contribution in [-0.2, 0) is 9.53 Å². The summed E-state index contributed by atoms with van der Waals surface area (Å²) < 4.78 is 10.8. The van der Waals surface area contributed by atoms with Crippen molar-refractivity contribution in [2.24, 2.45) is 0 Å². The lowest BCUT2D eigenvalue weighted by molar-refractivity contribution is -0.138. The van der Waals surface area contributed by atoms with Crippen molar-refractivity contribution in [1.29, 1.82) is 0 Å². The summed E-state index contributed by atoms with van der Waals surface area (Å²) >= 11 is 1.24. The van der Waals surface area contributed by atoms with E-state index in [0.717, 1.165) is 11.3 Å². The number of nitrogens with zero attached hydrogens (tertiary/aromatic N) is 2. The number of rotatable bonds is 6. The lowest BCUT2D eigenvalue weighted by Crippen LogP contribution is -2.31. The quantitative estimate of drug-likeness (QED) is 0.572. The van der Waals surface area contributed by atoms with Crippen molar-refractivity contribution < 1.29 is 19.1 Å². The Labute approximate surface area is 173 Å². The van der Waals surface area contributed by atoms with E-state index < -0.39 is 12.1 Å². The van der Waals surface area contributed by atoms with Crippen LogP contribution in [0.3, 0.4) is 0 Å². The van der Waals surface area contributed by atoms with Gasteiger partial charge in [-0.25, -0.2) is 9.78 Å². The molecular formula is C22H22N2O4S. The third kappa shape index (κ3) is 4.63. The highest BCUT2D eigenvalue weighted by molar-refractivity contribution is 7.17. The normalized spacial score (nSPS) is 11.6. The van der Waals surface area contributed by atoms with E-state index in [-0.39, 0.29) is 5.91 Å². The largest absolute Gasteiger partial charge is 0.497 e. The molecule has 150 valence electrons. The first-order chi connectivity index (χ1) is 13.9. The summed E-state index contributed by atoms with van der Waals surface area (Å²) in [6, 6.07) is 16.4. The first-order valence-corrected chi connectivity index (χ1v) is 9.81. The van der Waals surface area contributed by atoms with Crippen molar-refractivity contribution in [3.63, 3.8) is 0 Å². The minimum atomic E-state index is -1.01. The topological polar surface area (TPSA) is 68.7 Å². The van der Waals surface area contributed by atoms with Gasteiger partial charge in [0.1, 0.15) is 15.6 Å². The minimum Gasteiger partial charge on any atom is -0.497 e. The molecular weight excluding hydrogens is 388 g/mol. The molecule has 7 heteroatoms. The number of benzene rings is 2. The molecule has 3 rings (SSSR count). The number of hydrogen-bond acceptors (Lipinski definition) is 6. The van der Waals surface area contributed by atoms with E-state index in [0.29, 0.717) is 21.1 Å². The number of amides is 1. The second kappa shape index (κ2) is 8.87. The van der Waals surface area contributed by atoms with E-state index in [4.69, 9.17) is 9.47 Å². The number of carbonyl (C=O) groups is 2. The molecule has 2 aromatic carbocycles. The monoisotopic (exact) mass is 410 g/mol. The Hall–Kier alpha value is -3.19. The molecule has 0 fully saturated rings. The van der Waals surface area contributed by atoms with Gasteiger partial charge in [0.2, 0.25) is 6.10 Å². The van der Waals surface area contributed by atoms with Crippen LogP contribution in [-0.4, -0.2) is 43.0 Å². The van der Waals surface area contributed by atoms with Crippen LogP contribution in [0, 0.1) is 6.92 Å². The molecule has 1 amide bonds. The van der Waals surface area contributed by atoms with Gasteiger partial charge in [-0.05, 0) is 31.2 Å². The standard InChI is InChI=1S/C22H22N2O4S/c1-14-19(29-20(23-14)16-10-12-17(27-4)13-11-16)22(26)28-18(21(25)24(2)3)15-8-6-5-7-9-15/h5-13,18H,1-4H3/t18-/m0/s1. The zero-order valence-corrected chi connectivity index (χ0v) is 17.5. The fourth-order valence-electron chi connectivity index (χ4n) is 2.73. The molecule has 0 bridgehead atoms. The molecule has 0 unspecified atom stereocenters. The highest BCUT2D eigenvalue weighted by Crippen LogP contribution is 2.31. The number of methoxy groups -OCH3 is 1. The molecule has 0 spiro atoms. The Morgan fingerprint density at radius 1 is 1.03 bits per heavy atom. The summed E-state index contributed by atoms with van der Waals surface area (Å²) in [5.41, 5.74) is 2.06. The van der Waals surface area contributed by atoms with Crippen molar-refractivity contribution in [3.05, 3.63) is 70.7 Å². The average molecular weight is 410 g/mol. The van der Waals surface area contributed by atoms with Gasteiger partial charge in [0.25, 0.3) is 5.91 Å². The number of ether oxygens (including phenoxy) is 2. The maximum atomic E-state index is 12.9. The Bertz CT molecular complexity index is 997. The predicted octanol–water partition coefficient (Wildman–Crippen LogP) is 4.11. The van der Waals surface area contributed by atoms with Crippen LogP contribution in [0.5, 0.6) is 5.75 Å². The fraction of sp³-hybridized carbons (Fsp3) is 0.227. The Morgan fingerprint density at radius 2 is 1.69 bits per heavy atom. The van der Waals surface area contributed by atoms with Crippen molar-refractivity contribution in [3.8, 4) is 16.3 Å². The van der Waals surface area contributed by atoms with Gasteiger partial charge in [-0.2, -0.15) is 0 Å². The van der Waals surface area contributed by atoms with Gasteiger partial charge in [0.05, 0.1) is 12.8 Å². The third-order valence-electron chi connectivity index (χ3n) is 4.31. The van der Waals surface area contributed by atoms with E-state index >= 15 is 0 Å². The van der Waals surface area contributed by atoms with Gasteiger partial charge in [-0.15, -0.1) is 11.3 Å². The van der Waals surface area contributed by atoms with Crippen molar-refractivity contribution in [1.82, 2.24) is 9.88 Å². The fourth-order valence-corrected chi connectivity index (χ4v) is 3.68. The highest BCUT2D eigenvalue weighted by atomic mass is 32.1. The lowest BCUT2D eigenvalue weighted by Gasteiger charge is -2.21. The molecule has 29 heavy (non-hydrogen) atoms.